The van der Waals surface area contributed by atoms with Crippen LogP contribution in [0.25, 0.3) is 11.4 Å². The van der Waals surface area contributed by atoms with Gasteiger partial charge in [-0.3, -0.25) is 14.2 Å². The second-order valence-electron chi connectivity index (χ2n) is 6.20. The van der Waals surface area contributed by atoms with Crippen LogP contribution in [0, 0.1) is 0 Å². The van der Waals surface area contributed by atoms with E-state index in [0.29, 0.717) is 30.4 Å². The third-order valence-corrected chi connectivity index (χ3v) is 4.39. The number of phenols is 1. The average molecular weight is 379 g/mol. The van der Waals surface area contributed by atoms with Crippen LogP contribution in [0.15, 0.2) is 53.7 Å². The van der Waals surface area contributed by atoms with Crippen molar-refractivity contribution in [2.45, 2.75) is 12.6 Å². The lowest BCUT2D eigenvalue weighted by Crippen LogP contribution is -2.35. The molecule has 0 radical (unpaired) electrons. The Morgan fingerprint density at radius 1 is 1.25 bits per heavy atom. The van der Waals surface area contributed by atoms with Gasteiger partial charge in [-0.05, 0) is 18.2 Å². The number of nitrogens with zero attached hydrogens (tertiary/aromatic N) is 4. The first-order valence-electron chi connectivity index (χ1n) is 8.68. The predicted octanol–water partition coefficient (Wildman–Crippen LogP) is 0.907. The summed E-state index contributed by atoms with van der Waals surface area (Å²) in [5, 5.41) is 12.7. The quantitative estimate of drug-likeness (QED) is 0.694. The van der Waals surface area contributed by atoms with Gasteiger partial charge < -0.3 is 15.2 Å². The molecule has 1 aromatic carbocycles. The van der Waals surface area contributed by atoms with Gasteiger partial charge in [-0.1, -0.05) is 12.1 Å². The van der Waals surface area contributed by atoms with Crippen molar-refractivity contribution < 1.29 is 14.6 Å². The van der Waals surface area contributed by atoms with Crippen LogP contribution in [0.5, 0.6) is 5.75 Å². The van der Waals surface area contributed by atoms with Crippen molar-refractivity contribution in [3.05, 3.63) is 70.7 Å². The molecule has 0 fully saturated rings. The van der Waals surface area contributed by atoms with E-state index in [0.717, 1.165) is 0 Å². The van der Waals surface area contributed by atoms with E-state index >= 15 is 0 Å². The lowest BCUT2D eigenvalue weighted by atomic mass is 10.1. The molecular formula is C19H17N5O4. The molecule has 1 amide bonds. The van der Waals surface area contributed by atoms with Gasteiger partial charge in [-0.25, -0.2) is 15.0 Å². The van der Waals surface area contributed by atoms with Crippen LogP contribution in [-0.4, -0.2) is 43.7 Å². The highest BCUT2D eigenvalue weighted by atomic mass is 16.5. The van der Waals surface area contributed by atoms with Crippen LogP contribution in [0.2, 0.25) is 0 Å². The smallest absolute Gasteiger partial charge is 0.255 e. The number of hydrogen-bond acceptors (Lipinski definition) is 7. The number of carbonyl (C=O) groups excluding carboxylic acids is 1. The number of aromatic hydroxyl groups is 1. The molecule has 4 rings (SSSR count). The number of hydrogen-bond donors (Lipinski definition) is 2. The molecule has 0 spiro atoms. The summed E-state index contributed by atoms with van der Waals surface area (Å²) in [6.07, 6.45) is 2.94. The molecule has 1 aliphatic rings. The van der Waals surface area contributed by atoms with E-state index in [9.17, 15) is 14.7 Å². The number of benzene rings is 1. The number of carbonyl (C=O) groups is 1. The maximum Gasteiger partial charge on any atom is 0.255 e. The summed E-state index contributed by atoms with van der Waals surface area (Å²) in [5.74, 6) is -0.237. The molecule has 0 aliphatic carbocycles. The Kier molecular flexibility index (Phi) is 4.81. The molecule has 2 aromatic heterocycles. The van der Waals surface area contributed by atoms with Gasteiger partial charge in [0.1, 0.15) is 23.9 Å². The Balaban J connectivity index is 1.73. The first kappa shape index (κ1) is 17.8. The van der Waals surface area contributed by atoms with Crippen molar-refractivity contribution in [3.8, 4) is 17.1 Å². The Bertz CT molecular complexity index is 1070. The third kappa shape index (κ3) is 3.47. The number of para-hydroxylation sites is 1. The van der Waals surface area contributed by atoms with E-state index in [1.165, 1.54) is 29.1 Å². The first-order valence-corrected chi connectivity index (χ1v) is 8.68. The predicted molar refractivity (Wildman–Crippen MR) is 98.7 cm³/mol. The van der Waals surface area contributed by atoms with Crippen LogP contribution < -0.4 is 10.9 Å². The van der Waals surface area contributed by atoms with Crippen LogP contribution in [0.1, 0.15) is 22.2 Å². The summed E-state index contributed by atoms with van der Waals surface area (Å²) in [4.78, 5) is 37.8. The SMILES string of the molecule is O=C(NC1COCCn2c1nc(-c1ccncn1)cc2=O)c1ccccc1O. The van der Waals surface area contributed by atoms with E-state index in [1.807, 2.05) is 0 Å². The van der Waals surface area contributed by atoms with Crippen molar-refractivity contribution in [2.75, 3.05) is 13.2 Å². The van der Waals surface area contributed by atoms with Gasteiger partial charge in [0.2, 0.25) is 0 Å². The lowest BCUT2D eigenvalue weighted by molar-refractivity contribution is 0.0853. The molecular weight excluding hydrogens is 362 g/mol. The van der Waals surface area contributed by atoms with Gasteiger partial charge in [-0.15, -0.1) is 0 Å². The Morgan fingerprint density at radius 2 is 2.11 bits per heavy atom. The van der Waals surface area contributed by atoms with E-state index in [2.05, 4.69) is 20.3 Å². The summed E-state index contributed by atoms with van der Waals surface area (Å²) in [7, 11) is 0. The van der Waals surface area contributed by atoms with Crippen molar-refractivity contribution >= 4 is 5.91 Å². The summed E-state index contributed by atoms with van der Waals surface area (Å²) in [5.41, 5.74) is 0.771. The number of nitrogens with one attached hydrogen (secondary N) is 1. The second kappa shape index (κ2) is 7.57. The minimum atomic E-state index is -0.663. The highest BCUT2D eigenvalue weighted by Crippen LogP contribution is 2.21. The summed E-state index contributed by atoms with van der Waals surface area (Å²) >= 11 is 0. The third-order valence-electron chi connectivity index (χ3n) is 4.39. The van der Waals surface area contributed by atoms with Gasteiger partial charge in [0.25, 0.3) is 11.5 Å². The molecule has 3 aromatic rings. The van der Waals surface area contributed by atoms with Crippen LogP contribution in [0.4, 0.5) is 0 Å². The number of fused-ring (bicyclic) bond motifs is 1. The Morgan fingerprint density at radius 3 is 2.89 bits per heavy atom. The van der Waals surface area contributed by atoms with Crippen molar-refractivity contribution in [1.82, 2.24) is 24.8 Å². The molecule has 1 aliphatic heterocycles. The van der Waals surface area contributed by atoms with E-state index in [-0.39, 0.29) is 23.5 Å². The van der Waals surface area contributed by atoms with Crippen molar-refractivity contribution in [2.24, 2.45) is 0 Å². The number of phenolic OH excluding ortho intramolecular Hbond substituents is 1. The van der Waals surface area contributed by atoms with E-state index < -0.39 is 11.9 Å². The van der Waals surface area contributed by atoms with Crippen molar-refractivity contribution in [1.29, 1.82) is 0 Å². The highest BCUT2D eigenvalue weighted by Gasteiger charge is 2.25. The fourth-order valence-corrected chi connectivity index (χ4v) is 3.03. The minimum absolute atomic E-state index is 0.130. The molecule has 1 unspecified atom stereocenters. The number of ether oxygens (including phenoxy) is 1. The molecule has 2 N–H and O–H groups in total. The Labute approximate surface area is 159 Å². The lowest BCUT2D eigenvalue weighted by Gasteiger charge is -2.19. The molecule has 0 saturated heterocycles. The highest BCUT2D eigenvalue weighted by molar-refractivity contribution is 5.96. The van der Waals surface area contributed by atoms with Gasteiger partial charge in [0.15, 0.2) is 0 Å². The van der Waals surface area contributed by atoms with Crippen LogP contribution in [-0.2, 0) is 11.3 Å². The molecule has 0 bridgehead atoms. The first-order chi connectivity index (χ1) is 13.6. The monoisotopic (exact) mass is 379 g/mol. The largest absolute Gasteiger partial charge is 0.507 e. The van der Waals surface area contributed by atoms with Gasteiger partial charge >= 0.3 is 0 Å². The number of rotatable bonds is 3. The zero-order valence-corrected chi connectivity index (χ0v) is 14.8. The van der Waals surface area contributed by atoms with Crippen LogP contribution in [0.3, 0.4) is 0 Å². The van der Waals surface area contributed by atoms with Gasteiger partial charge in [0, 0.05) is 12.3 Å². The van der Waals surface area contributed by atoms with Crippen LogP contribution >= 0.6 is 0 Å². The number of amides is 1. The van der Waals surface area contributed by atoms with E-state index in [4.69, 9.17) is 4.74 Å². The molecule has 1 atom stereocenters. The molecule has 3 heterocycles. The fraction of sp³-hybridized carbons (Fsp3) is 0.211. The zero-order valence-electron chi connectivity index (χ0n) is 14.8. The van der Waals surface area contributed by atoms with E-state index in [1.54, 1.807) is 24.4 Å². The normalized spacial score (nSPS) is 16.1. The number of aromatic nitrogens is 4. The zero-order chi connectivity index (χ0) is 19.5. The Hall–Kier alpha value is -3.59. The fourth-order valence-electron chi connectivity index (χ4n) is 3.03. The van der Waals surface area contributed by atoms with Gasteiger partial charge in [-0.2, -0.15) is 0 Å². The maximum absolute atomic E-state index is 12.6. The standard InChI is InChI=1S/C19H17N5O4/c25-16-4-2-1-3-12(16)19(27)23-15-10-28-8-7-24-17(26)9-14(22-18(15)24)13-5-6-20-11-21-13/h1-6,9,11,15,25H,7-8,10H2,(H,23,27). The minimum Gasteiger partial charge on any atom is -0.507 e. The average Bonchev–Trinajstić information content (AvgIpc) is 2.92. The molecule has 9 nitrogen and oxygen atoms in total. The summed E-state index contributed by atoms with van der Waals surface area (Å²) < 4.78 is 7.03. The van der Waals surface area contributed by atoms with Gasteiger partial charge in [0.05, 0.1) is 36.7 Å². The molecule has 28 heavy (non-hydrogen) atoms. The molecule has 0 saturated carbocycles. The molecule has 142 valence electrons. The van der Waals surface area contributed by atoms with Crippen molar-refractivity contribution in [3.63, 3.8) is 0 Å². The second-order valence-corrected chi connectivity index (χ2v) is 6.20. The maximum atomic E-state index is 12.6. The topological polar surface area (TPSA) is 119 Å². The summed E-state index contributed by atoms with van der Waals surface area (Å²) in [6, 6.07) is 8.63. The molecule has 9 heteroatoms. The summed E-state index contributed by atoms with van der Waals surface area (Å²) in [6.45, 7) is 0.803.